The van der Waals surface area contributed by atoms with Crippen molar-refractivity contribution in [1.82, 2.24) is 19.9 Å². The summed E-state index contributed by atoms with van der Waals surface area (Å²) < 4.78 is 7.82. The molecule has 3 aromatic rings. The highest BCUT2D eigenvalue weighted by Crippen LogP contribution is 2.47. The molecule has 4 rings (SSSR count). The van der Waals surface area contributed by atoms with Gasteiger partial charge in [-0.25, -0.2) is 9.67 Å². The second kappa shape index (κ2) is 6.42. The molecule has 0 radical (unpaired) electrons. The monoisotopic (exact) mass is 417 g/mol. The zero-order valence-electron chi connectivity index (χ0n) is 14.0. The van der Waals surface area contributed by atoms with E-state index in [0.717, 1.165) is 33.0 Å². The minimum Gasteiger partial charge on any atom is -0.342 e. The first-order valence-electron chi connectivity index (χ1n) is 7.80. The third-order valence-corrected chi connectivity index (χ3v) is 6.06. The molecule has 1 aromatic carbocycles. The summed E-state index contributed by atoms with van der Waals surface area (Å²) in [5, 5.41) is 8.73. The molecule has 0 aliphatic carbocycles. The number of thioether (sulfide) groups is 1. The highest BCUT2D eigenvalue weighted by Gasteiger charge is 2.31. The number of aliphatic imine (C=N–C) groups is 1. The van der Waals surface area contributed by atoms with Gasteiger partial charge in [0.2, 0.25) is 12.2 Å². The van der Waals surface area contributed by atoms with Crippen molar-refractivity contribution in [2.45, 2.75) is 19.1 Å². The number of halogens is 1. The molecule has 0 fully saturated rings. The Balaban J connectivity index is 1.96. The van der Waals surface area contributed by atoms with Crippen LogP contribution in [0.5, 0.6) is 0 Å². The van der Waals surface area contributed by atoms with Gasteiger partial charge in [0.25, 0.3) is 0 Å². The van der Waals surface area contributed by atoms with Crippen molar-refractivity contribution in [3.63, 3.8) is 0 Å². The average molecular weight is 418 g/mol. The predicted octanol–water partition coefficient (Wildman–Crippen LogP) is 4.47. The second-order valence-electron chi connectivity index (χ2n) is 6.00. The molecule has 0 N–H and O–H groups in total. The van der Waals surface area contributed by atoms with E-state index in [2.05, 4.69) is 63.2 Å². The third-order valence-electron chi connectivity index (χ3n) is 4.16. The zero-order valence-corrected chi connectivity index (χ0v) is 16.4. The van der Waals surface area contributed by atoms with Crippen LogP contribution in [0.1, 0.15) is 28.9 Å². The van der Waals surface area contributed by atoms with Gasteiger partial charge in [-0.2, -0.15) is 10.1 Å². The summed E-state index contributed by atoms with van der Waals surface area (Å²) in [6.45, 7) is 4.18. The lowest BCUT2D eigenvalue weighted by Gasteiger charge is -2.18. The van der Waals surface area contributed by atoms with Crippen LogP contribution in [0.2, 0.25) is 0 Å². The maximum atomic E-state index is 4.94. The van der Waals surface area contributed by atoms with Gasteiger partial charge in [0.15, 0.2) is 5.82 Å². The molecule has 0 saturated carbocycles. The maximum Gasteiger partial charge on any atom is 0.223 e. The summed E-state index contributed by atoms with van der Waals surface area (Å²) in [6.07, 6.45) is 1.33. The molecule has 6 nitrogen and oxygen atoms in total. The van der Waals surface area contributed by atoms with Gasteiger partial charge in [0, 0.05) is 28.5 Å². The number of nitrogens with zero attached hydrogens (tertiary/aromatic N) is 5. The SMILES string of the molecule is CC1=Nc2c(c(-c3ncon3)nn2C)C(c2ccc(Br)cc2C)SC1. The first-order valence-corrected chi connectivity index (χ1v) is 9.64. The first kappa shape index (κ1) is 16.5. The van der Waals surface area contributed by atoms with Gasteiger partial charge in [-0.1, -0.05) is 27.2 Å². The Hall–Kier alpha value is -1.93. The topological polar surface area (TPSA) is 69.1 Å². The summed E-state index contributed by atoms with van der Waals surface area (Å²) in [7, 11) is 1.90. The summed E-state index contributed by atoms with van der Waals surface area (Å²) in [6, 6.07) is 6.37. The van der Waals surface area contributed by atoms with Crippen molar-refractivity contribution in [2.24, 2.45) is 12.0 Å². The first-order chi connectivity index (χ1) is 12.0. The van der Waals surface area contributed by atoms with Crippen LogP contribution >= 0.6 is 27.7 Å². The van der Waals surface area contributed by atoms with E-state index in [0.29, 0.717) is 5.82 Å². The second-order valence-corrected chi connectivity index (χ2v) is 8.01. The Bertz CT molecular complexity index is 964. The fourth-order valence-electron chi connectivity index (χ4n) is 3.02. The number of rotatable bonds is 2. The van der Waals surface area contributed by atoms with Crippen LogP contribution in [0.25, 0.3) is 11.5 Å². The predicted molar refractivity (Wildman–Crippen MR) is 102 cm³/mol. The number of hydrogen-bond acceptors (Lipinski definition) is 6. The Morgan fingerprint density at radius 3 is 2.88 bits per heavy atom. The van der Waals surface area contributed by atoms with Crippen LogP contribution in [0.15, 0.2) is 38.6 Å². The normalized spacial score (nSPS) is 17.1. The van der Waals surface area contributed by atoms with Crippen LogP contribution in [0.4, 0.5) is 5.82 Å². The molecule has 0 spiro atoms. The van der Waals surface area contributed by atoms with Crippen molar-refractivity contribution < 1.29 is 4.52 Å². The van der Waals surface area contributed by atoms with E-state index in [-0.39, 0.29) is 5.25 Å². The van der Waals surface area contributed by atoms with Gasteiger partial charge in [-0.15, -0.1) is 11.8 Å². The van der Waals surface area contributed by atoms with E-state index in [4.69, 9.17) is 9.52 Å². The minimum atomic E-state index is 0.103. The molecule has 128 valence electrons. The van der Waals surface area contributed by atoms with E-state index in [9.17, 15) is 0 Å². The number of benzene rings is 1. The smallest absolute Gasteiger partial charge is 0.223 e. The Morgan fingerprint density at radius 2 is 2.16 bits per heavy atom. The molecule has 0 saturated heterocycles. The molecule has 2 aromatic heterocycles. The lowest BCUT2D eigenvalue weighted by Crippen LogP contribution is -2.02. The average Bonchev–Trinajstić information content (AvgIpc) is 3.15. The van der Waals surface area contributed by atoms with Crippen LogP contribution in [-0.4, -0.2) is 31.4 Å². The van der Waals surface area contributed by atoms with Gasteiger partial charge in [0.05, 0.1) is 5.25 Å². The molecule has 8 heteroatoms. The molecule has 0 amide bonds. The Morgan fingerprint density at radius 1 is 1.32 bits per heavy atom. The molecular weight excluding hydrogens is 402 g/mol. The fraction of sp³-hybridized carbons (Fsp3) is 0.294. The molecular formula is C17H16BrN5OS. The lowest BCUT2D eigenvalue weighted by molar-refractivity contribution is 0.418. The summed E-state index contributed by atoms with van der Waals surface area (Å²) >= 11 is 5.40. The van der Waals surface area contributed by atoms with Crippen LogP contribution < -0.4 is 0 Å². The quantitative estimate of drug-likeness (QED) is 0.614. The van der Waals surface area contributed by atoms with Crippen molar-refractivity contribution in [2.75, 3.05) is 5.75 Å². The van der Waals surface area contributed by atoms with E-state index in [1.165, 1.54) is 17.5 Å². The van der Waals surface area contributed by atoms with Crippen LogP contribution in [0, 0.1) is 6.92 Å². The molecule has 25 heavy (non-hydrogen) atoms. The summed E-state index contributed by atoms with van der Waals surface area (Å²) in [5.41, 5.74) is 5.31. The lowest BCUT2D eigenvalue weighted by atomic mass is 9.99. The molecule has 3 heterocycles. The highest BCUT2D eigenvalue weighted by molar-refractivity contribution is 9.10. The van der Waals surface area contributed by atoms with Gasteiger partial charge in [0.1, 0.15) is 5.69 Å². The van der Waals surface area contributed by atoms with Crippen molar-refractivity contribution >= 4 is 39.2 Å². The zero-order chi connectivity index (χ0) is 17.6. The van der Waals surface area contributed by atoms with Gasteiger partial charge < -0.3 is 4.52 Å². The molecule has 0 bridgehead atoms. The van der Waals surface area contributed by atoms with Gasteiger partial charge in [-0.3, -0.25) is 0 Å². The van der Waals surface area contributed by atoms with E-state index < -0.39 is 0 Å². The molecule has 1 unspecified atom stereocenters. The van der Waals surface area contributed by atoms with Crippen molar-refractivity contribution in [3.05, 3.63) is 45.8 Å². The Kier molecular flexibility index (Phi) is 4.24. The van der Waals surface area contributed by atoms with E-state index in [1.807, 2.05) is 18.8 Å². The summed E-state index contributed by atoms with van der Waals surface area (Å²) in [4.78, 5) is 9.00. The minimum absolute atomic E-state index is 0.103. The van der Waals surface area contributed by atoms with Crippen LogP contribution in [0.3, 0.4) is 0 Å². The Labute approximate surface area is 157 Å². The number of aryl methyl sites for hydroxylation is 2. The molecule has 1 aliphatic rings. The number of aromatic nitrogens is 4. The number of fused-ring (bicyclic) bond motifs is 1. The standard InChI is InChI=1S/C17H16BrN5OS/c1-9-6-11(18)4-5-12(9)15-13-14(16-19-8-24-22-16)21-23(3)17(13)20-10(2)7-25-15/h4-6,8,15H,7H2,1-3H3. The van der Waals surface area contributed by atoms with Crippen LogP contribution in [-0.2, 0) is 7.05 Å². The highest BCUT2D eigenvalue weighted by atomic mass is 79.9. The van der Waals surface area contributed by atoms with Crippen molar-refractivity contribution in [1.29, 1.82) is 0 Å². The largest absolute Gasteiger partial charge is 0.342 e. The van der Waals surface area contributed by atoms with Gasteiger partial charge in [-0.05, 0) is 37.1 Å². The van der Waals surface area contributed by atoms with E-state index >= 15 is 0 Å². The van der Waals surface area contributed by atoms with Crippen molar-refractivity contribution in [3.8, 4) is 11.5 Å². The van der Waals surface area contributed by atoms with Gasteiger partial charge >= 0.3 is 0 Å². The molecule has 1 aliphatic heterocycles. The summed E-state index contributed by atoms with van der Waals surface area (Å²) in [5.74, 6) is 2.21. The fourth-order valence-corrected chi connectivity index (χ4v) is 4.80. The third kappa shape index (κ3) is 2.93. The molecule has 1 atom stereocenters. The van der Waals surface area contributed by atoms with E-state index in [1.54, 1.807) is 4.68 Å². The maximum absolute atomic E-state index is 4.94. The number of hydrogen-bond donors (Lipinski definition) is 0.